The molecular formula is C15H23N3O3S. The van der Waals surface area contributed by atoms with Crippen LogP contribution in [0.3, 0.4) is 0 Å². The van der Waals surface area contributed by atoms with Gasteiger partial charge in [0.05, 0.1) is 4.90 Å². The van der Waals surface area contributed by atoms with Crippen LogP contribution in [-0.2, 0) is 15.4 Å². The van der Waals surface area contributed by atoms with E-state index in [4.69, 9.17) is 0 Å². The molecule has 0 aromatic heterocycles. The molecule has 7 heteroatoms. The number of sulfonamides is 1. The summed E-state index contributed by atoms with van der Waals surface area (Å²) in [6.45, 7) is 8.03. The van der Waals surface area contributed by atoms with Crippen LogP contribution in [0.2, 0.25) is 0 Å². The van der Waals surface area contributed by atoms with Crippen molar-refractivity contribution in [2.75, 3.05) is 26.2 Å². The van der Waals surface area contributed by atoms with Crippen molar-refractivity contribution in [3.05, 3.63) is 29.8 Å². The van der Waals surface area contributed by atoms with Gasteiger partial charge >= 0.3 is 6.03 Å². The van der Waals surface area contributed by atoms with E-state index in [1.807, 2.05) is 12.1 Å². The molecule has 0 radical (unpaired) electrons. The van der Waals surface area contributed by atoms with E-state index in [0.717, 1.165) is 5.56 Å². The lowest BCUT2D eigenvalue weighted by molar-refractivity contribution is 0.218. The SMILES string of the molecule is CC(C)(C)c1ccc(S(=O)(=O)NCCN2CCNC2=O)cc1. The molecule has 0 spiro atoms. The topological polar surface area (TPSA) is 78.5 Å². The first kappa shape index (κ1) is 16.8. The van der Waals surface area contributed by atoms with Crippen molar-refractivity contribution in [3.63, 3.8) is 0 Å². The van der Waals surface area contributed by atoms with Crippen LogP contribution in [-0.4, -0.2) is 45.5 Å². The molecule has 1 heterocycles. The van der Waals surface area contributed by atoms with E-state index in [1.54, 1.807) is 17.0 Å². The van der Waals surface area contributed by atoms with Crippen molar-refractivity contribution in [2.45, 2.75) is 31.1 Å². The number of amides is 2. The Morgan fingerprint density at radius 2 is 1.86 bits per heavy atom. The van der Waals surface area contributed by atoms with E-state index in [1.165, 1.54) is 0 Å². The summed E-state index contributed by atoms with van der Waals surface area (Å²) in [5.74, 6) is 0. The normalized spacial score (nSPS) is 16.0. The third-order valence-electron chi connectivity index (χ3n) is 3.65. The van der Waals surface area contributed by atoms with E-state index in [9.17, 15) is 13.2 Å². The van der Waals surface area contributed by atoms with Crippen molar-refractivity contribution in [3.8, 4) is 0 Å². The maximum atomic E-state index is 12.2. The number of nitrogens with zero attached hydrogens (tertiary/aromatic N) is 1. The lowest BCUT2D eigenvalue weighted by Crippen LogP contribution is -2.36. The average Bonchev–Trinajstić information content (AvgIpc) is 2.83. The molecule has 1 saturated heterocycles. The van der Waals surface area contributed by atoms with Crippen molar-refractivity contribution in [1.82, 2.24) is 14.9 Å². The van der Waals surface area contributed by atoms with Crippen molar-refractivity contribution in [1.29, 1.82) is 0 Å². The molecule has 1 fully saturated rings. The molecule has 122 valence electrons. The minimum Gasteiger partial charge on any atom is -0.336 e. The minimum absolute atomic E-state index is 0.0150. The highest BCUT2D eigenvalue weighted by Crippen LogP contribution is 2.23. The van der Waals surface area contributed by atoms with Crippen LogP contribution in [0.5, 0.6) is 0 Å². The van der Waals surface area contributed by atoms with E-state index < -0.39 is 10.0 Å². The van der Waals surface area contributed by atoms with Gasteiger partial charge in [-0.05, 0) is 23.1 Å². The van der Waals surface area contributed by atoms with Gasteiger partial charge in [-0.15, -0.1) is 0 Å². The molecule has 1 aromatic rings. The van der Waals surface area contributed by atoms with Crippen molar-refractivity contribution >= 4 is 16.1 Å². The van der Waals surface area contributed by atoms with Gasteiger partial charge in [0, 0.05) is 26.2 Å². The van der Waals surface area contributed by atoms with Crippen LogP contribution in [0.1, 0.15) is 26.3 Å². The minimum atomic E-state index is -3.54. The smallest absolute Gasteiger partial charge is 0.317 e. The monoisotopic (exact) mass is 325 g/mol. The molecule has 6 nitrogen and oxygen atoms in total. The Balaban J connectivity index is 1.96. The first-order valence-electron chi connectivity index (χ1n) is 7.33. The molecule has 0 atom stereocenters. The Bertz CT molecular complexity index is 633. The molecule has 2 amide bonds. The summed E-state index contributed by atoms with van der Waals surface area (Å²) in [7, 11) is -3.54. The fourth-order valence-electron chi connectivity index (χ4n) is 2.26. The Morgan fingerprint density at radius 3 is 2.36 bits per heavy atom. The van der Waals surface area contributed by atoms with E-state index in [2.05, 4.69) is 30.8 Å². The second kappa shape index (κ2) is 6.26. The zero-order chi connectivity index (χ0) is 16.4. The van der Waals surface area contributed by atoms with E-state index in [0.29, 0.717) is 19.6 Å². The summed E-state index contributed by atoms with van der Waals surface area (Å²) >= 11 is 0. The number of carbonyl (C=O) groups excluding carboxylic acids is 1. The standard InChI is InChI=1S/C15H23N3O3S/c1-15(2,3)12-4-6-13(7-5-12)22(20,21)17-9-11-18-10-8-16-14(18)19/h4-7,17H,8-11H2,1-3H3,(H,16,19). The quantitative estimate of drug-likeness (QED) is 0.856. The molecule has 0 unspecified atom stereocenters. The zero-order valence-corrected chi connectivity index (χ0v) is 14.0. The summed E-state index contributed by atoms with van der Waals surface area (Å²) in [5.41, 5.74) is 1.07. The lowest BCUT2D eigenvalue weighted by Gasteiger charge is -2.19. The zero-order valence-electron chi connectivity index (χ0n) is 13.2. The number of urea groups is 1. The van der Waals surface area contributed by atoms with Crippen LogP contribution in [0, 0.1) is 0 Å². The molecule has 1 aliphatic heterocycles. The molecule has 0 aliphatic carbocycles. The second-order valence-corrected chi connectivity index (χ2v) is 8.16. The van der Waals surface area contributed by atoms with Gasteiger partial charge in [-0.25, -0.2) is 17.9 Å². The van der Waals surface area contributed by atoms with Crippen molar-refractivity contribution in [2.24, 2.45) is 0 Å². The fourth-order valence-corrected chi connectivity index (χ4v) is 3.28. The molecule has 0 bridgehead atoms. The van der Waals surface area contributed by atoms with Crippen LogP contribution in [0.25, 0.3) is 0 Å². The largest absolute Gasteiger partial charge is 0.336 e. The van der Waals surface area contributed by atoms with Gasteiger partial charge in [0.25, 0.3) is 0 Å². The molecule has 1 aliphatic rings. The van der Waals surface area contributed by atoms with Crippen LogP contribution < -0.4 is 10.0 Å². The summed E-state index contributed by atoms with van der Waals surface area (Å²) in [5, 5.41) is 2.68. The molecule has 2 rings (SSSR count). The van der Waals surface area contributed by atoms with Crippen LogP contribution in [0.4, 0.5) is 4.79 Å². The maximum absolute atomic E-state index is 12.2. The summed E-state index contributed by atoms with van der Waals surface area (Å²) in [6.07, 6.45) is 0. The van der Waals surface area contributed by atoms with Gasteiger partial charge in [-0.2, -0.15) is 0 Å². The Labute approximate surface area is 131 Å². The van der Waals surface area contributed by atoms with Crippen LogP contribution >= 0.6 is 0 Å². The van der Waals surface area contributed by atoms with Gasteiger partial charge in [0.15, 0.2) is 0 Å². The molecular weight excluding hydrogens is 302 g/mol. The number of hydrogen-bond donors (Lipinski definition) is 2. The summed E-state index contributed by atoms with van der Waals surface area (Å²) in [6, 6.07) is 6.76. The summed E-state index contributed by atoms with van der Waals surface area (Å²) < 4.78 is 27.0. The summed E-state index contributed by atoms with van der Waals surface area (Å²) in [4.78, 5) is 13.2. The number of hydrogen-bond acceptors (Lipinski definition) is 3. The van der Waals surface area contributed by atoms with Crippen molar-refractivity contribution < 1.29 is 13.2 Å². The number of carbonyl (C=O) groups is 1. The third kappa shape index (κ3) is 3.98. The predicted octanol–water partition coefficient (Wildman–Crippen LogP) is 1.29. The van der Waals surface area contributed by atoms with Gasteiger partial charge in [-0.3, -0.25) is 0 Å². The van der Waals surface area contributed by atoms with E-state index in [-0.39, 0.29) is 22.9 Å². The van der Waals surface area contributed by atoms with Gasteiger partial charge in [-0.1, -0.05) is 32.9 Å². The van der Waals surface area contributed by atoms with Crippen LogP contribution in [0.15, 0.2) is 29.2 Å². The number of rotatable bonds is 5. The van der Waals surface area contributed by atoms with Gasteiger partial charge in [0.1, 0.15) is 0 Å². The molecule has 22 heavy (non-hydrogen) atoms. The molecule has 0 saturated carbocycles. The van der Waals surface area contributed by atoms with Gasteiger partial charge in [0.2, 0.25) is 10.0 Å². The number of benzene rings is 1. The highest BCUT2D eigenvalue weighted by Gasteiger charge is 2.21. The van der Waals surface area contributed by atoms with E-state index >= 15 is 0 Å². The first-order chi connectivity index (χ1) is 10.2. The Kier molecular flexibility index (Phi) is 4.77. The maximum Gasteiger partial charge on any atom is 0.317 e. The fraction of sp³-hybridized carbons (Fsp3) is 0.533. The second-order valence-electron chi connectivity index (χ2n) is 6.39. The Morgan fingerprint density at radius 1 is 1.23 bits per heavy atom. The predicted molar refractivity (Wildman–Crippen MR) is 85.3 cm³/mol. The highest BCUT2D eigenvalue weighted by atomic mass is 32.2. The average molecular weight is 325 g/mol. The first-order valence-corrected chi connectivity index (χ1v) is 8.81. The number of nitrogens with one attached hydrogen (secondary N) is 2. The molecule has 1 aromatic carbocycles. The third-order valence-corrected chi connectivity index (χ3v) is 5.13. The molecule has 2 N–H and O–H groups in total. The van der Waals surface area contributed by atoms with Gasteiger partial charge < -0.3 is 10.2 Å². The lowest BCUT2D eigenvalue weighted by atomic mass is 9.87. The highest BCUT2D eigenvalue weighted by molar-refractivity contribution is 7.89. The Hall–Kier alpha value is -1.60.